The van der Waals surface area contributed by atoms with Gasteiger partial charge >= 0.3 is 11.9 Å². The molecule has 0 aliphatic rings. The molecule has 0 aliphatic carbocycles. The van der Waals surface area contributed by atoms with Gasteiger partial charge in [-0.1, -0.05) is 6.07 Å². The summed E-state index contributed by atoms with van der Waals surface area (Å²) in [5.41, 5.74) is 1.67. The molecule has 0 spiro atoms. The summed E-state index contributed by atoms with van der Waals surface area (Å²) in [6.07, 6.45) is 0. The molecule has 0 unspecified atom stereocenters. The van der Waals surface area contributed by atoms with Crippen LogP contribution >= 0.6 is 0 Å². The Bertz CT molecular complexity index is 703. The van der Waals surface area contributed by atoms with Crippen LogP contribution in [-0.4, -0.2) is 34.1 Å². The number of hydrogen-bond donors (Lipinski definition) is 3. The zero-order chi connectivity index (χ0) is 16.3. The minimum Gasteiger partial charge on any atom is -0.478 e. The highest BCUT2D eigenvalue weighted by molar-refractivity contribution is 5.96. The van der Waals surface area contributed by atoms with Gasteiger partial charge in [-0.05, 0) is 53.9 Å². The van der Waals surface area contributed by atoms with Gasteiger partial charge in [-0.2, -0.15) is 0 Å². The minimum absolute atomic E-state index is 0.110. The van der Waals surface area contributed by atoms with E-state index in [1.54, 1.807) is 18.2 Å². The first kappa shape index (κ1) is 15.5. The van der Waals surface area contributed by atoms with Gasteiger partial charge in [-0.3, -0.25) is 0 Å². The molecule has 0 aliphatic heterocycles. The Morgan fingerprint density at radius 3 is 1.95 bits per heavy atom. The molecule has 2 aromatic carbocycles. The highest BCUT2D eigenvalue weighted by Crippen LogP contribution is 2.28. The highest BCUT2D eigenvalue weighted by Gasteiger charge is 2.13. The monoisotopic (exact) mass is 302 g/mol. The van der Waals surface area contributed by atoms with Crippen molar-refractivity contribution in [2.75, 3.05) is 6.79 Å². The van der Waals surface area contributed by atoms with E-state index in [0.29, 0.717) is 16.9 Å². The number of rotatable bonds is 5. The quantitative estimate of drug-likeness (QED) is 0.733. The van der Waals surface area contributed by atoms with Crippen molar-refractivity contribution >= 4 is 11.9 Å². The molecule has 0 radical (unpaired) electrons. The van der Waals surface area contributed by atoms with Crippen LogP contribution in [0.4, 0.5) is 0 Å². The van der Waals surface area contributed by atoms with E-state index in [9.17, 15) is 9.59 Å². The number of ether oxygens (including phenoxy) is 1. The first-order chi connectivity index (χ1) is 10.4. The van der Waals surface area contributed by atoms with Gasteiger partial charge in [-0.15, -0.1) is 0 Å². The molecule has 0 fully saturated rings. The molecule has 0 bridgehead atoms. The van der Waals surface area contributed by atoms with Crippen LogP contribution in [0, 0.1) is 6.92 Å². The largest absolute Gasteiger partial charge is 0.478 e. The van der Waals surface area contributed by atoms with E-state index >= 15 is 0 Å². The number of aliphatic hydroxyl groups excluding tert-OH is 1. The number of benzene rings is 2. The van der Waals surface area contributed by atoms with Gasteiger partial charge in [0.25, 0.3) is 0 Å². The second-order valence-corrected chi connectivity index (χ2v) is 4.72. The van der Waals surface area contributed by atoms with E-state index < -0.39 is 18.7 Å². The standard InChI is InChI=1S/C16H14O6/c1-9-2-10(7-14(3-9)22-8-17)11-4-12(15(18)19)6-13(5-11)16(20)21/h2-7,17H,8H2,1H3,(H,18,19)(H,20,21). The summed E-state index contributed by atoms with van der Waals surface area (Å²) in [6, 6.07) is 8.99. The molecule has 6 nitrogen and oxygen atoms in total. The summed E-state index contributed by atoms with van der Waals surface area (Å²) in [5.74, 6) is -2.00. The summed E-state index contributed by atoms with van der Waals surface area (Å²) < 4.78 is 5.03. The highest BCUT2D eigenvalue weighted by atomic mass is 16.6. The molecule has 0 atom stereocenters. The molecule has 0 saturated heterocycles. The summed E-state index contributed by atoms with van der Waals surface area (Å²) in [5, 5.41) is 27.0. The topological polar surface area (TPSA) is 104 Å². The van der Waals surface area contributed by atoms with Crippen molar-refractivity contribution in [1.29, 1.82) is 0 Å². The van der Waals surface area contributed by atoms with E-state index in [1.807, 2.05) is 6.92 Å². The molecule has 6 heteroatoms. The van der Waals surface area contributed by atoms with Crippen LogP contribution in [0.3, 0.4) is 0 Å². The maximum absolute atomic E-state index is 11.1. The SMILES string of the molecule is Cc1cc(OCO)cc(-c2cc(C(=O)O)cc(C(=O)O)c2)c1. The maximum atomic E-state index is 11.1. The lowest BCUT2D eigenvalue weighted by atomic mass is 9.98. The van der Waals surface area contributed by atoms with E-state index in [4.69, 9.17) is 20.1 Å². The fourth-order valence-electron chi connectivity index (χ4n) is 2.11. The van der Waals surface area contributed by atoms with E-state index in [-0.39, 0.29) is 11.1 Å². The molecular formula is C16H14O6. The zero-order valence-electron chi connectivity index (χ0n) is 11.7. The van der Waals surface area contributed by atoms with Crippen molar-refractivity contribution in [2.24, 2.45) is 0 Å². The maximum Gasteiger partial charge on any atom is 0.335 e. The van der Waals surface area contributed by atoms with Crippen LogP contribution in [-0.2, 0) is 0 Å². The summed E-state index contributed by atoms with van der Waals surface area (Å²) >= 11 is 0. The molecule has 2 aromatic rings. The molecule has 0 aromatic heterocycles. The molecular weight excluding hydrogens is 288 g/mol. The molecule has 0 amide bonds. The number of carboxylic acid groups (broad SMARTS) is 2. The van der Waals surface area contributed by atoms with Crippen molar-refractivity contribution in [3.05, 3.63) is 53.1 Å². The van der Waals surface area contributed by atoms with Crippen molar-refractivity contribution in [3.8, 4) is 16.9 Å². The Kier molecular flexibility index (Phi) is 4.43. The predicted octanol–water partition coefficient (Wildman–Crippen LogP) is 2.39. The number of hydrogen-bond acceptors (Lipinski definition) is 4. The van der Waals surface area contributed by atoms with Gasteiger partial charge in [-0.25, -0.2) is 9.59 Å². The first-order valence-corrected chi connectivity index (χ1v) is 6.38. The lowest BCUT2D eigenvalue weighted by Crippen LogP contribution is -2.03. The van der Waals surface area contributed by atoms with Crippen LogP contribution in [0.1, 0.15) is 26.3 Å². The van der Waals surface area contributed by atoms with Gasteiger partial charge in [0.2, 0.25) is 0 Å². The number of aryl methyl sites for hydroxylation is 1. The van der Waals surface area contributed by atoms with Gasteiger partial charge in [0.05, 0.1) is 11.1 Å². The predicted molar refractivity (Wildman–Crippen MR) is 78.2 cm³/mol. The molecule has 22 heavy (non-hydrogen) atoms. The van der Waals surface area contributed by atoms with Crippen molar-refractivity contribution in [3.63, 3.8) is 0 Å². The van der Waals surface area contributed by atoms with Gasteiger partial charge in [0.1, 0.15) is 5.75 Å². The third-order valence-corrected chi connectivity index (χ3v) is 3.04. The lowest BCUT2D eigenvalue weighted by molar-refractivity contribution is 0.0696. The average molecular weight is 302 g/mol. The average Bonchev–Trinajstić information content (AvgIpc) is 2.46. The second kappa shape index (κ2) is 6.28. The Morgan fingerprint density at radius 2 is 1.45 bits per heavy atom. The van der Waals surface area contributed by atoms with Crippen molar-refractivity contribution in [2.45, 2.75) is 6.92 Å². The molecule has 0 heterocycles. The van der Waals surface area contributed by atoms with Crippen LogP contribution < -0.4 is 4.74 Å². The number of aliphatic hydroxyl groups is 1. The van der Waals surface area contributed by atoms with Gasteiger partial charge in [0, 0.05) is 0 Å². The third-order valence-electron chi connectivity index (χ3n) is 3.04. The smallest absolute Gasteiger partial charge is 0.335 e. The minimum atomic E-state index is -1.20. The van der Waals surface area contributed by atoms with Crippen molar-refractivity contribution in [1.82, 2.24) is 0 Å². The summed E-state index contributed by atoms with van der Waals surface area (Å²) in [4.78, 5) is 22.3. The van der Waals surface area contributed by atoms with Crippen LogP contribution in [0.5, 0.6) is 5.75 Å². The van der Waals surface area contributed by atoms with E-state index in [0.717, 1.165) is 11.6 Å². The molecule has 3 N–H and O–H groups in total. The van der Waals surface area contributed by atoms with Crippen molar-refractivity contribution < 1.29 is 29.6 Å². The van der Waals surface area contributed by atoms with E-state index in [1.165, 1.54) is 12.1 Å². The number of carboxylic acids is 2. The second-order valence-electron chi connectivity index (χ2n) is 4.72. The molecule has 2 rings (SSSR count). The van der Waals surface area contributed by atoms with Crippen LogP contribution in [0.25, 0.3) is 11.1 Å². The molecule has 114 valence electrons. The number of carbonyl (C=O) groups is 2. The Labute approximate surface area is 126 Å². The normalized spacial score (nSPS) is 10.3. The number of aromatic carboxylic acids is 2. The Hall–Kier alpha value is -2.86. The third kappa shape index (κ3) is 3.42. The van der Waals surface area contributed by atoms with Gasteiger partial charge < -0.3 is 20.1 Å². The first-order valence-electron chi connectivity index (χ1n) is 6.38. The molecule has 0 saturated carbocycles. The van der Waals surface area contributed by atoms with Gasteiger partial charge in [0.15, 0.2) is 6.79 Å². The Balaban J connectivity index is 2.60. The Morgan fingerprint density at radius 1 is 0.909 bits per heavy atom. The van der Waals surface area contributed by atoms with Crippen LogP contribution in [0.2, 0.25) is 0 Å². The van der Waals surface area contributed by atoms with E-state index in [2.05, 4.69) is 0 Å². The fourth-order valence-corrected chi connectivity index (χ4v) is 2.11. The zero-order valence-corrected chi connectivity index (χ0v) is 11.7. The fraction of sp³-hybridized carbons (Fsp3) is 0.125. The summed E-state index contributed by atoms with van der Waals surface area (Å²) in [7, 11) is 0. The summed E-state index contributed by atoms with van der Waals surface area (Å²) in [6.45, 7) is 1.32. The van der Waals surface area contributed by atoms with Crippen LogP contribution in [0.15, 0.2) is 36.4 Å². The lowest BCUT2D eigenvalue weighted by Gasteiger charge is -2.10.